The third-order valence-electron chi connectivity index (χ3n) is 4.24. The largest absolute Gasteiger partial charge is 0.382 e. The van der Waals surface area contributed by atoms with Crippen molar-refractivity contribution in [3.05, 3.63) is 35.9 Å². The molecule has 0 bridgehead atoms. The minimum atomic E-state index is -1.35. The number of hydrogen-bond donors (Lipinski definition) is 2. The van der Waals surface area contributed by atoms with Gasteiger partial charge in [0.05, 0.1) is 0 Å². The second kappa shape index (κ2) is 8.89. The van der Waals surface area contributed by atoms with Crippen LogP contribution in [0.2, 0.25) is 0 Å². The Kier molecular flexibility index (Phi) is 6.86. The first kappa shape index (κ1) is 17.8. The van der Waals surface area contributed by atoms with Crippen molar-refractivity contribution in [2.24, 2.45) is 0 Å². The van der Waals surface area contributed by atoms with Crippen LogP contribution in [0.25, 0.3) is 0 Å². The van der Waals surface area contributed by atoms with Crippen LogP contribution in [0.5, 0.6) is 0 Å². The van der Waals surface area contributed by atoms with Crippen molar-refractivity contribution < 1.29 is 14.6 Å². The van der Waals surface area contributed by atoms with Crippen molar-refractivity contribution >= 4 is 6.03 Å². The molecule has 2 rings (SSSR count). The lowest BCUT2D eigenvalue weighted by Gasteiger charge is -2.34. The Balaban J connectivity index is 2.04. The van der Waals surface area contributed by atoms with Crippen LogP contribution in [0.1, 0.15) is 44.6 Å². The minimum absolute atomic E-state index is 0.188. The van der Waals surface area contributed by atoms with Crippen molar-refractivity contribution in [3.63, 3.8) is 0 Å². The smallest absolute Gasteiger partial charge is 0.319 e. The number of carbonyl (C=O) groups is 1. The Bertz CT molecular complexity index is 474. The Labute approximate surface area is 138 Å². The highest BCUT2D eigenvalue weighted by atomic mass is 16.5. The van der Waals surface area contributed by atoms with Gasteiger partial charge < -0.3 is 20.1 Å². The van der Waals surface area contributed by atoms with E-state index in [1.807, 2.05) is 37.3 Å². The van der Waals surface area contributed by atoms with Gasteiger partial charge in [-0.1, -0.05) is 30.3 Å². The lowest BCUT2D eigenvalue weighted by Crippen LogP contribution is -2.52. The zero-order valence-corrected chi connectivity index (χ0v) is 14.0. The Morgan fingerprint density at radius 1 is 1.26 bits per heavy atom. The summed E-state index contributed by atoms with van der Waals surface area (Å²) in [5.41, 5.74) is -0.644. The zero-order valence-electron chi connectivity index (χ0n) is 14.0. The molecule has 2 amide bonds. The number of nitrogens with zero attached hydrogens (tertiary/aromatic N) is 1. The van der Waals surface area contributed by atoms with Crippen LogP contribution in [0.3, 0.4) is 0 Å². The molecule has 0 spiro atoms. The molecule has 1 fully saturated rings. The molecule has 5 heteroatoms. The first-order valence-corrected chi connectivity index (χ1v) is 8.58. The molecule has 2 N–H and O–H groups in total. The number of rotatable bonds is 7. The van der Waals surface area contributed by atoms with Crippen LogP contribution in [0.4, 0.5) is 4.79 Å². The molecular formula is C18H28N2O3. The SMILES string of the molecule is CCOCCC[C@@](O)(NC(=O)N1CCCCC1)c1ccccc1. The number of urea groups is 1. The maximum Gasteiger partial charge on any atom is 0.319 e. The summed E-state index contributed by atoms with van der Waals surface area (Å²) in [6.07, 6.45) is 4.33. The van der Waals surface area contributed by atoms with Gasteiger partial charge in [-0.2, -0.15) is 0 Å². The van der Waals surface area contributed by atoms with Crippen LogP contribution < -0.4 is 5.32 Å². The predicted octanol–water partition coefficient (Wildman–Crippen LogP) is 2.84. The van der Waals surface area contributed by atoms with E-state index in [0.717, 1.165) is 25.9 Å². The Hall–Kier alpha value is -1.59. The number of hydrogen-bond acceptors (Lipinski definition) is 3. The van der Waals surface area contributed by atoms with Crippen LogP contribution in [-0.4, -0.2) is 42.3 Å². The summed E-state index contributed by atoms with van der Waals surface area (Å²) in [4.78, 5) is 14.3. The fourth-order valence-corrected chi connectivity index (χ4v) is 2.92. The van der Waals surface area contributed by atoms with Crippen molar-refractivity contribution in [3.8, 4) is 0 Å². The molecular weight excluding hydrogens is 292 g/mol. The topological polar surface area (TPSA) is 61.8 Å². The summed E-state index contributed by atoms with van der Waals surface area (Å²) < 4.78 is 5.35. The Morgan fingerprint density at radius 3 is 2.61 bits per heavy atom. The van der Waals surface area contributed by atoms with Gasteiger partial charge in [0.2, 0.25) is 0 Å². The summed E-state index contributed by atoms with van der Waals surface area (Å²) in [6, 6.07) is 9.14. The third-order valence-corrected chi connectivity index (χ3v) is 4.24. The van der Waals surface area contributed by atoms with E-state index >= 15 is 0 Å². The second-order valence-corrected chi connectivity index (χ2v) is 6.00. The molecule has 5 nitrogen and oxygen atoms in total. The second-order valence-electron chi connectivity index (χ2n) is 6.00. The van der Waals surface area contributed by atoms with E-state index in [4.69, 9.17) is 4.74 Å². The van der Waals surface area contributed by atoms with Gasteiger partial charge in [0.1, 0.15) is 0 Å². The minimum Gasteiger partial charge on any atom is -0.382 e. The quantitative estimate of drug-likeness (QED) is 0.600. The highest BCUT2D eigenvalue weighted by Gasteiger charge is 2.32. The van der Waals surface area contributed by atoms with Gasteiger partial charge in [-0.15, -0.1) is 0 Å². The number of aliphatic hydroxyl groups is 1. The molecule has 1 atom stereocenters. The van der Waals surface area contributed by atoms with Crippen LogP contribution in [-0.2, 0) is 10.5 Å². The van der Waals surface area contributed by atoms with Crippen LogP contribution >= 0.6 is 0 Å². The molecule has 1 aromatic rings. The van der Waals surface area contributed by atoms with Gasteiger partial charge in [-0.05, 0) is 32.6 Å². The van der Waals surface area contributed by atoms with E-state index in [2.05, 4.69) is 5.32 Å². The zero-order chi connectivity index (χ0) is 16.5. The summed E-state index contributed by atoms with van der Waals surface area (Å²) in [5.74, 6) is 0. The van der Waals surface area contributed by atoms with Crippen LogP contribution in [0.15, 0.2) is 30.3 Å². The first-order chi connectivity index (χ1) is 11.2. The molecule has 1 saturated heterocycles. The Morgan fingerprint density at radius 2 is 1.96 bits per heavy atom. The maximum absolute atomic E-state index is 12.5. The lowest BCUT2D eigenvalue weighted by atomic mass is 9.97. The van der Waals surface area contributed by atoms with Gasteiger partial charge in [0, 0.05) is 38.3 Å². The molecule has 1 aliphatic rings. The van der Waals surface area contributed by atoms with Crippen LogP contribution in [0, 0.1) is 0 Å². The molecule has 0 aliphatic carbocycles. The third kappa shape index (κ3) is 5.22. The number of likely N-dealkylation sites (tertiary alicyclic amines) is 1. The molecule has 0 unspecified atom stereocenters. The molecule has 128 valence electrons. The number of amides is 2. The summed E-state index contributed by atoms with van der Waals surface area (Å²) in [5, 5.41) is 13.9. The number of piperidine rings is 1. The first-order valence-electron chi connectivity index (χ1n) is 8.58. The summed E-state index contributed by atoms with van der Waals surface area (Å²) in [6.45, 7) is 4.70. The predicted molar refractivity (Wildman–Crippen MR) is 90.0 cm³/mol. The van der Waals surface area contributed by atoms with Crippen molar-refractivity contribution in [1.82, 2.24) is 10.2 Å². The highest BCUT2D eigenvalue weighted by molar-refractivity contribution is 5.75. The lowest BCUT2D eigenvalue weighted by molar-refractivity contribution is -0.0102. The van der Waals surface area contributed by atoms with E-state index < -0.39 is 5.72 Å². The molecule has 23 heavy (non-hydrogen) atoms. The summed E-state index contributed by atoms with van der Waals surface area (Å²) in [7, 11) is 0. The molecule has 1 heterocycles. The van der Waals surface area contributed by atoms with Crippen molar-refractivity contribution in [1.29, 1.82) is 0 Å². The number of carbonyl (C=O) groups excluding carboxylic acids is 1. The van der Waals surface area contributed by atoms with Gasteiger partial charge in [-0.25, -0.2) is 4.79 Å². The van der Waals surface area contributed by atoms with E-state index in [1.165, 1.54) is 6.42 Å². The van der Waals surface area contributed by atoms with Crippen molar-refractivity contribution in [2.75, 3.05) is 26.3 Å². The van der Waals surface area contributed by atoms with Gasteiger partial charge >= 0.3 is 6.03 Å². The monoisotopic (exact) mass is 320 g/mol. The molecule has 0 aromatic heterocycles. The van der Waals surface area contributed by atoms with Gasteiger partial charge in [0.25, 0.3) is 0 Å². The maximum atomic E-state index is 12.5. The van der Waals surface area contributed by atoms with Crippen molar-refractivity contribution in [2.45, 2.75) is 44.8 Å². The molecule has 1 aromatic carbocycles. The van der Waals surface area contributed by atoms with Gasteiger partial charge in [-0.3, -0.25) is 0 Å². The molecule has 0 radical (unpaired) electrons. The normalized spacial score (nSPS) is 17.6. The van der Waals surface area contributed by atoms with E-state index in [1.54, 1.807) is 4.90 Å². The fraction of sp³-hybridized carbons (Fsp3) is 0.611. The summed E-state index contributed by atoms with van der Waals surface area (Å²) >= 11 is 0. The highest BCUT2D eigenvalue weighted by Crippen LogP contribution is 2.24. The fourth-order valence-electron chi connectivity index (χ4n) is 2.92. The average Bonchev–Trinajstić information content (AvgIpc) is 2.60. The number of benzene rings is 1. The van der Waals surface area contributed by atoms with Gasteiger partial charge in [0.15, 0.2) is 5.72 Å². The molecule has 0 saturated carbocycles. The average molecular weight is 320 g/mol. The standard InChI is InChI=1S/C18H28N2O3/c1-2-23-15-9-12-18(22,16-10-5-3-6-11-16)19-17(21)20-13-7-4-8-14-20/h3,5-6,10-11,22H,2,4,7-9,12-15H2,1H3,(H,19,21)/t18-/m0/s1. The van der Waals surface area contributed by atoms with E-state index in [-0.39, 0.29) is 6.03 Å². The van der Waals surface area contributed by atoms with E-state index in [0.29, 0.717) is 31.6 Å². The molecule has 1 aliphatic heterocycles. The number of nitrogens with one attached hydrogen (secondary N) is 1. The number of ether oxygens (including phenoxy) is 1. The van der Waals surface area contributed by atoms with E-state index in [9.17, 15) is 9.90 Å².